The number of carbonyl (C=O) groups is 1. The monoisotopic (exact) mass is 277 g/mol. The Morgan fingerprint density at radius 1 is 1.10 bits per heavy atom. The van der Waals surface area contributed by atoms with Crippen LogP contribution < -0.4 is 11.1 Å². The highest BCUT2D eigenvalue weighted by Gasteiger charge is 2.14. The van der Waals surface area contributed by atoms with Crippen molar-refractivity contribution >= 4 is 28.1 Å². The number of nitrogens with zero attached hydrogens (tertiary/aromatic N) is 1. The zero-order valence-electron chi connectivity index (χ0n) is 11.6. The van der Waals surface area contributed by atoms with Gasteiger partial charge in [-0.1, -0.05) is 30.3 Å². The first-order valence-corrected chi connectivity index (χ1v) is 6.67. The van der Waals surface area contributed by atoms with Crippen molar-refractivity contribution in [2.24, 2.45) is 0 Å². The van der Waals surface area contributed by atoms with Gasteiger partial charge in [0.25, 0.3) is 5.91 Å². The van der Waals surface area contributed by atoms with Crippen molar-refractivity contribution in [3.05, 3.63) is 66.0 Å². The fourth-order valence-corrected chi connectivity index (χ4v) is 2.32. The van der Waals surface area contributed by atoms with Crippen LogP contribution in [0.25, 0.3) is 10.8 Å². The molecule has 0 fully saturated rings. The molecule has 0 radical (unpaired) electrons. The number of nitrogens with two attached hydrogens (primary N) is 1. The number of carbonyl (C=O) groups excluding carboxylic acids is 1. The number of hydrogen-bond acceptors (Lipinski definition) is 3. The van der Waals surface area contributed by atoms with Crippen LogP contribution in [0.1, 0.15) is 16.1 Å². The lowest BCUT2D eigenvalue weighted by atomic mass is 10.1. The van der Waals surface area contributed by atoms with E-state index in [0.29, 0.717) is 16.8 Å². The third kappa shape index (κ3) is 2.43. The van der Waals surface area contributed by atoms with Crippen molar-refractivity contribution in [1.82, 2.24) is 4.98 Å². The number of rotatable bonds is 2. The molecule has 0 aliphatic carbocycles. The van der Waals surface area contributed by atoms with Gasteiger partial charge in [-0.15, -0.1) is 0 Å². The van der Waals surface area contributed by atoms with Gasteiger partial charge in [0, 0.05) is 23.0 Å². The Balaban J connectivity index is 2.05. The average molecular weight is 277 g/mol. The van der Waals surface area contributed by atoms with E-state index in [1.165, 1.54) is 0 Å². The number of nitrogens with one attached hydrogen (secondary N) is 1. The summed E-state index contributed by atoms with van der Waals surface area (Å²) in [5.41, 5.74) is 8.66. The Bertz CT molecular complexity index is 822. The summed E-state index contributed by atoms with van der Waals surface area (Å²) in [5, 5.41) is 4.48. The lowest BCUT2D eigenvalue weighted by Gasteiger charge is -2.10. The quantitative estimate of drug-likeness (QED) is 0.706. The molecule has 0 aliphatic rings. The molecule has 0 spiro atoms. The zero-order valence-corrected chi connectivity index (χ0v) is 11.6. The van der Waals surface area contributed by atoms with E-state index in [9.17, 15) is 4.79 Å². The normalized spacial score (nSPS) is 10.5. The molecule has 4 nitrogen and oxygen atoms in total. The van der Waals surface area contributed by atoms with Crippen LogP contribution in [0.2, 0.25) is 0 Å². The van der Waals surface area contributed by atoms with E-state index in [0.717, 1.165) is 16.6 Å². The summed E-state index contributed by atoms with van der Waals surface area (Å²) in [7, 11) is 0. The number of fused-ring (bicyclic) bond motifs is 1. The maximum Gasteiger partial charge on any atom is 0.274 e. The Kier molecular flexibility index (Phi) is 3.28. The number of pyridine rings is 1. The van der Waals surface area contributed by atoms with E-state index in [1.807, 2.05) is 49.4 Å². The van der Waals surface area contributed by atoms with E-state index in [-0.39, 0.29) is 5.91 Å². The Labute approximate surface area is 122 Å². The third-order valence-corrected chi connectivity index (χ3v) is 3.43. The number of amides is 1. The molecular formula is C17H15N3O. The van der Waals surface area contributed by atoms with Crippen LogP contribution in [-0.2, 0) is 0 Å². The van der Waals surface area contributed by atoms with Gasteiger partial charge < -0.3 is 11.1 Å². The van der Waals surface area contributed by atoms with Crippen molar-refractivity contribution < 1.29 is 4.79 Å². The van der Waals surface area contributed by atoms with E-state index in [2.05, 4.69) is 10.3 Å². The van der Waals surface area contributed by atoms with Crippen molar-refractivity contribution in [1.29, 1.82) is 0 Å². The minimum atomic E-state index is -0.257. The van der Waals surface area contributed by atoms with Crippen LogP contribution in [0, 0.1) is 6.92 Å². The fourth-order valence-electron chi connectivity index (χ4n) is 2.32. The van der Waals surface area contributed by atoms with Gasteiger partial charge in [-0.25, -0.2) is 0 Å². The van der Waals surface area contributed by atoms with Gasteiger partial charge in [0.05, 0.1) is 0 Å². The summed E-state index contributed by atoms with van der Waals surface area (Å²) in [5.74, 6) is -0.257. The summed E-state index contributed by atoms with van der Waals surface area (Å²) in [6.07, 6.45) is 1.62. The molecule has 1 aromatic heterocycles. The molecule has 0 unspecified atom stereocenters. The SMILES string of the molecule is Cc1ccccc1NC(=O)c1nccc2cccc(N)c12. The van der Waals surface area contributed by atoms with Crippen molar-refractivity contribution in [2.45, 2.75) is 6.92 Å². The van der Waals surface area contributed by atoms with E-state index >= 15 is 0 Å². The van der Waals surface area contributed by atoms with Gasteiger partial charge in [-0.05, 0) is 36.1 Å². The first kappa shape index (κ1) is 13.1. The second-order valence-electron chi connectivity index (χ2n) is 4.87. The minimum absolute atomic E-state index is 0.257. The standard InChI is InChI=1S/C17H15N3O/c1-11-5-2-3-8-14(11)20-17(21)16-15-12(9-10-19-16)6-4-7-13(15)18/h2-10H,18H2,1H3,(H,20,21). The molecule has 0 bridgehead atoms. The lowest BCUT2D eigenvalue weighted by molar-refractivity contribution is 0.102. The number of para-hydroxylation sites is 1. The first-order valence-electron chi connectivity index (χ1n) is 6.67. The Hall–Kier alpha value is -2.88. The molecule has 1 amide bonds. The lowest BCUT2D eigenvalue weighted by Crippen LogP contribution is -2.15. The highest BCUT2D eigenvalue weighted by molar-refractivity contribution is 6.14. The number of aryl methyl sites for hydroxylation is 1. The van der Waals surface area contributed by atoms with Crippen LogP contribution >= 0.6 is 0 Å². The number of nitrogen functional groups attached to an aromatic ring is 1. The van der Waals surface area contributed by atoms with Gasteiger partial charge in [-0.3, -0.25) is 9.78 Å². The van der Waals surface area contributed by atoms with Crippen molar-refractivity contribution in [3.63, 3.8) is 0 Å². The van der Waals surface area contributed by atoms with E-state index < -0.39 is 0 Å². The fraction of sp³-hybridized carbons (Fsp3) is 0.0588. The number of anilines is 2. The van der Waals surface area contributed by atoms with Crippen LogP contribution in [0.15, 0.2) is 54.7 Å². The molecule has 104 valence electrons. The summed E-state index contributed by atoms with van der Waals surface area (Å²) >= 11 is 0. The number of hydrogen-bond donors (Lipinski definition) is 2. The largest absolute Gasteiger partial charge is 0.398 e. The second-order valence-corrected chi connectivity index (χ2v) is 4.87. The maximum atomic E-state index is 12.5. The molecule has 3 aromatic rings. The first-order chi connectivity index (χ1) is 10.2. The van der Waals surface area contributed by atoms with Crippen LogP contribution in [0.4, 0.5) is 11.4 Å². The Morgan fingerprint density at radius 3 is 2.71 bits per heavy atom. The molecule has 1 heterocycles. The van der Waals surface area contributed by atoms with Gasteiger partial charge in [-0.2, -0.15) is 0 Å². The summed E-state index contributed by atoms with van der Waals surface area (Å²) in [6, 6.07) is 15.0. The molecule has 2 aromatic carbocycles. The molecule has 21 heavy (non-hydrogen) atoms. The maximum absolute atomic E-state index is 12.5. The molecular weight excluding hydrogens is 262 g/mol. The highest BCUT2D eigenvalue weighted by Crippen LogP contribution is 2.24. The highest BCUT2D eigenvalue weighted by atomic mass is 16.1. The molecule has 3 rings (SSSR count). The van der Waals surface area contributed by atoms with Crippen LogP contribution in [0.3, 0.4) is 0 Å². The van der Waals surface area contributed by atoms with Crippen molar-refractivity contribution in [2.75, 3.05) is 11.1 Å². The van der Waals surface area contributed by atoms with Gasteiger partial charge in [0.15, 0.2) is 0 Å². The molecule has 3 N–H and O–H groups in total. The molecule has 0 atom stereocenters. The van der Waals surface area contributed by atoms with Gasteiger partial charge in [0.1, 0.15) is 5.69 Å². The third-order valence-electron chi connectivity index (χ3n) is 3.43. The molecule has 0 saturated heterocycles. The topological polar surface area (TPSA) is 68.0 Å². The van der Waals surface area contributed by atoms with Gasteiger partial charge >= 0.3 is 0 Å². The average Bonchev–Trinajstić information content (AvgIpc) is 2.49. The molecule has 4 heteroatoms. The van der Waals surface area contributed by atoms with Crippen molar-refractivity contribution in [3.8, 4) is 0 Å². The predicted octanol–water partition coefficient (Wildman–Crippen LogP) is 3.38. The molecule has 0 aliphatic heterocycles. The van der Waals surface area contributed by atoms with Gasteiger partial charge in [0.2, 0.25) is 0 Å². The molecule has 0 saturated carbocycles. The number of benzene rings is 2. The van der Waals surface area contributed by atoms with Crippen LogP contribution in [0.5, 0.6) is 0 Å². The van der Waals surface area contributed by atoms with E-state index in [4.69, 9.17) is 5.73 Å². The Morgan fingerprint density at radius 2 is 1.90 bits per heavy atom. The van der Waals surface area contributed by atoms with Crippen LogP contribution in [-0.4, -0.2) is 10.9 Å². The summed E-state index contributed by atoms with van der Waals surface area (Å²) < 4.78 is 0. The van der Waals surface area contributed by atoms with E-state index in [1.54, 1.807) is 12.3 Å². The predicted molar refractivity (Wildman–Crippen MR) is 85.3 cm³/mol. The summed E-state index contributed by atoms with van der Waals surface area (Å²) in [4.78, 5) is 16.7. The zero-order chi connectivity index (χ0) is 14.8. The second kappa shape index (κ2) is 5.25. The summed E-state index contributed by atoms with van der Waals surface area (Å²) in [6.45, 7) is 1.94. The minimum Gasteiger partial charge on any atom is -0.398 e. The smallest absolute Gasteiger partial charge is 0.274 e. The number of aromatic nitrogens is 1.